The summed E-state index contributed by atoms with van der Waals surface area (Å²) >= 11 is 0. The third kappa shape index (κ3) is 2.94. The predicted molar refractivity (Wildman–Crippen MR) is 89.2 cm³/mol. The number of imide groups is 2. The van der Waals surface area contributed by atoms with E-state index in [1.54, 1.807) is 18.2 Å². The van der Waals surface area contributed by atoms with Crippen LogP contribution >= 0.6 is 0 Å². The standard InChI is InChI=1S/C18H21N3O5/c22-15-4-3-14(16(23)20-15)21-17(24)12-2-1-11(9-13(12)18(21)25)26-10-5-7-19-8-6-10/h1-2,9-10,12-14,19H,3-8H2,(H,20,22,23). The van der Waals surface area contributed by atoms with Gasteiger partial charge >= 0.3 is 0 Å². The summed E-state index contributed by atoms with van der Waals surface area (Å²) in [7, 11) is 0. The second-order valence-electron chi connectivity index (χ2n) is 7.06. The lowest BCUT2D eigenvalue weighted by molar-refractivity contribution is -0.151. The van der Waals surface area contributed by atoms with Gasteiger partial charge in [0.05, 0.1) is 11.8 Å². The molecule has 3 fully saturated rings. The van der Waals surface area contributed by atoms with Crippen molar-refractivity contribution in [3.8, 4) is 0 Å². The number of carbonyl (C=O) groups is 4. The maximum Gasteiger partial charge on any atom is 0.249 e. The molecule has 138 valence electrons. The highest BCUT2D eigenvalue weighted by Crippen LogP contribution is 2.36. The Bertz CT molecular complexity index is 722. The van der Waals surface area contributed by atoms with E-state index in [0.717, 1.165) is 30.8 Å². The van der Waals surface area contributed by atoms with Crippen molar-refractivity contribution in [1.82, 2.24) is 15.5 Å². The average Bonchev–Trinajstić information content (AvgIpc) is 2.87. The molecule has 0 aromatic rings. The molecule has 4 rings (SSSR count). The normalized spacial score (nSPS) is 32.4. The number of piperidine rings is 2. The Morgan fingerprint density at radius 2 is 1.73 bits per heavy atom. The highest BCUT2D eigenvalue weighted by atomic mass is 16.5. The van der Waals surface area contributed by atoms with E-state index >= 15 is 0 Å². The van der Waals surface area contributed by atoms with Crippen LogP contribution in [-0.4, -0.2) is 53.8 Å². The van der Waals surface area contributed by atoms with E-state index in [2.05, 4.69) is 10.6 Å². The van der Waals surface area contributed by atoms with Crippen LogP contribution in [-0.2, 0) is 23.9 Å². The fourth-order valence-electron chi connectivity index (χ4n) is 3.97. The number of ether oxygens (including phenoxy) is 1. The lowest BCUT2D eigenvalue weighted by Crippen LogP contribution is -2.54. The van der Waals surface area contributed by atoms with Gasteiger partial charge in [-0.25, -0.2) is 0 Å². The molecule has 0 aromatic carbocycles. The fraction of sp³-hybridized carbons (Fsp3) is 0.556. The zero-order chi connectivity index (χ0) is 18.3. The second-order valence-corrected chi connectivity index (χ2v) is 7.06. The van der Waals surface area contributed by atoms with E-state index in [0.29, 0.717) is 5.76 Å². The first kappa shape index (κ1) is 17.0. The van der Waals surface area contributed by atoms with Gasteiger partial charge < -0.3 is 10.1 Å². The third-order valence-corrected chi connectivity index (χ3v) is 5.35. The highest BCUT2D eigenvalue weighted by molar-refractivity contribution is 6.12. The number of fused-ring (bicyclic) bond motifs is 1. The number of amides is 4. The van der Waals surface area contributed by atoms with Crippen molar-refractivity contribution in [2.24, 2.45) is 11.8 Å². The Morgan fingerprint density at radius 1 is 1.00 bits per heavy atom. The van der Waals surface area contributed by atoms with Gasteiger partial charge in [-0.05, 0) is 44.5 Å². The summed E-state index contributed by atoms with van der Waals surface area (Å²) in [5.41, 5.74) is 0. The van der Waals surface area contributed by atoms with Gasteiger partial charge in [0.25, 0.3) is 0 Å². The molecule has 0 saturated carbocycles. The van der Waals surface area contributed by atoms with Gasteiger partial charge in [-0.15, -0.1) is 0 Å². The summed E-state index contributed by atoms with van der Waals surface area (Å²) < 4.78 is 5.97. The Hall–Kier alpha value is -2.48. The molecule has 8 heteroatoms. The van der Waals surface area contributed by atoms with Crippen LogP contribution in [0.5, 0.6) is 0 Å². The molecule has 0 spiro atoms. The smallest absolute Gasteiger partial charge is 0.249 e. The van der Waals surface area contributed by atoms with Crippen LogP contribution < -0.4 is 10.6 Å². The summed E-state index contributed by atoms with van der Waals surface area (Å²) in [6.07, 6.45) is 7.31. The number of nitrogens with zero attached hydrogens (tertiary/aromatic N) is 1. The molecule has 3 aliphatic heterocycles. The molecule has 1 aliphatic carbocycles. The summed E-state index contributed by atoms with van der Waals surface area (Å²) in [5.74, 6) is -2.39. The van der Waals surface area contributed by atoms with E-state index in [1.807, 2.05) is 0 Å². The molecule has 2 N–H and O–H groups in total. The molecule has 3 unspecified atom stereocenters. The zero-order valence-corrected chi connectivity index (χ0v) is 14.3. The van der Waals surface area contributed by atoms with Crippen molar-refractivity contribution >= 4 is 23.6 Å². The molecule has 0 radical (unpaired) electrons. The largest absolute Gasteiger partial charge is 0.491 e. The van der Waals surface area contributed by atoms with E-state index in [9.17, 15) is 19.2 Å². The summed E-state index contributed by atoms with van der Waals surface area (Å²) in [6.45, 7) is 1.79. The highest BCUT2D eigenvalue weighted by Gasteiger charge is 2.51. The molecule has 4 amide bonds. The number of hydrogen-bond acceptors (Lipinski definition) is 6. The lowest BCUT2D eigenvalue weighted by Gasteiger charge is -2.28. The minimum absolute atomic E-state index is 0.0992. The quantitative estimate of drug-likeness (QED) is 0.666. The van der Waals surface area contributed by atoms with Gasteiger partial charge in [0.1, 0.15) is 17.9 Å². The van der Waals surface area contributed by atoms with E-state index < -0.39 is 29.7 Å². The van der Waals surface area contributed by atoms with E-state index in [1.165, 1.54) is 0 Å². The second kappa shape index (κ2) is 6.68. The van der Waals surface area contributed by atoms with Crippen LogP contribution in [0.4, 0.5) is 0 Å². The molecular weight excluding hydrogens is 338 g/mol. The van der Waals surface area contributed by atoms with Gasteiger partial charge in [-0.2, -0.15) is 0 Å². The van der Waals surface area contributed by atoms with Crippen molar-refractivity contribution in [2.45, 2.75) is 37.8 Å². The van der Waals surface area contributed by atoms with Crippen molar-refractivity contribution in [2.75, 3.05) is 13.1 Å². The number of likely N-dealkylation sites (tertiary alicyclic amines) is 1. The number of allylic oxidation sites excluding steroid dienone is 1. The Balaban J connectivity index is 1.50. The van der Waals surface area contributed by atoms with Crippen LogP contribution in [0.2, 0.25) is 0 Å². The van der Waals surface area contributed by atoms with Crippen molar-refractivity contribution in [3.05, 3.63) is 24.0 Å². The van der Waals surface area contributed by atoms with Gasteiger partial charge in [0, 0.05) is 6.42 Å². The summed E-state index contributed by atoms with van der Waals surface area (Å²) in [4.78, 5) is 49.9. The first-order valence-electron chi connectivity index (χ1n) is 9.02. The SMILES string of the molecule is O=C1CCC(N2C(=O)C3C=CC(OC4CCNCC4)=CC3C2=O)C(=O)N1. The molecule has 8 nitrogen and oxygen atoms in total. The Labute approximate surface area is 150 Å². The molecule has 0 bridgehead atoms. The number of hydrogen-bond donors (Lipinski definition) is 2. The van der Waals surface area contributed by atoms with Gasteiger partial charge in [-0.3, -0.25) is 29.4 Å². The molecular formula is C18H21N3O5. The van der Waals surface area contributed by atoms with Gasteiger partial charge in [0.2, 0.25) is 23.6 Å². The molecule has 3 heterocycles. The van der Waals surface area contributed by atoms with Crippen LogP contribution in [0.25, 0.3) is 0 Å². The maximum atomic E-state index is 12.8. The Kier molecular flexibility index (Phi) is 4.36. The minimum atomic E-state index is -0.908. The van der Waals surface area contributed by atoms with Crippen molar-refractivity contribution in [1.29, 1.82) is 0 Å². The average molecular weight is 359 g/mol. The summed E-state index contributed by atoms with van der Waals surface area (Å²) in [6, 6.07) is -0.908. The van der Waals surface area contributed by atoms with E-state index in [4.69, 9.17) is 4.74 Å². The predicted octanol–water partition coefficient (Wildman–Crippen LogP) is -0.385. The van der Waals surface area contributed by atoms with Crippen LogP contribution in [0, 0.1) is 11.8 Å². The maximum absolute atomic E-state index is 12.8. The van der Waals surface area contributed by atoms with Crippen molar-refractivity contribution in [3.63, 3.8) is 0 Å². The van der Waals surface area contributed by atoms with Crippen molar-refractivity contribution < 1.29 is 23.9 Å². The first-order chi connectivity index (χ1) is 12.5. The zero-order valence-electron chi connectivity index (χ0n) is 14.3. The first-order valence-corrected chi connectivity index (χ1v) is 9.02. The molecule has 3 atom stereocenters. The summed E-state index contributed by atoms with van der Waals surface area (Å²) in [5, 5.41) is 5.47. The lowest BCUT2D eigenvalue weighted by atomic mass is 9.90. The van der Waals surface area contributed by atoms with Gasteiger partial charge in [-0.1, -0.05) is 6.08 Å². The van der Waals surface area contributed by atoms with Gasteiger partial charge in [0.15, 0.2) is 0 Å². The van der Waals surface area contributed by atoms with Crippen LogP contribution in [0.3, 0.4) is 0 Å². The minimum Gasteiger partial charge on any atom is -0.491 e. The Morgan fingerprint density at radius 3 is 2.46 bits per heavy atom. The number of carbonyl (C=O) groups excluding carboxylic acids is 4. The molecule has 4 aliphatic rings. The molecule has 0 aromatic heterocycles. The number of rotatable bonds is 3. The fourth-order valence-corrected chi connectivity index (χ4v) is 3.97. The monoisotopic (exact) mass is 359 g/mol. The molecule has 3 saturated heterocycles. The topological polar surface area (TPSA) is 105 Å². The number of nitrogens with one attached hydrogen (secondary N) is 2. The third-order valence-electron chi connectivity index (χ3n) is 5.35. The molecule has 26 heavy (non-hydrogen) atoms. The van der Waals surface area contributed by atoms with Crippen LogP contribution in [0.1, 0.15) is 25.7 Å². The van der Waals surface area contributed by atoms with E-state index in [-0.39, 0.29) is 30.8 Å². The van der Waals surface area contributed by atoms with Crippen LogP contribution in [0.15, 0.2) is 24.0 Å².